The van der Waals surface area contributed by atoms with E-state index in [9.17, 15) is 0 Å². The summed E-state index contributed by atoms with van der Waals surface area (Å²) < 4.78 is 2.28. The van der Waals surface area contributed by atoms with Crippen molar-refractivity contribution in [1.82, 2.24) is 4.57 Å². The summed E-state index contributed by atoms with van der Waals surface area (Å²) in [7, 11) is 2.14. The highest BCUT2D eigenvalue weighted by molar-refractivity contribution is 5.66. The van der Waals surface area contributed by atoms with Crippen LogP contribution in [0, 0.1) is 20.8 Å². The molecular formula is C14H17N. The predicted molar refractivity (Wildman–Crippen MR) is 65.1 cm³/mol. The zero-order chi connectivity index (χ0) is 11.0. The van der Waals surface area contributed by atoms with Crippen LogP contribution in [0.4, 0.5) is 0 Å². The van der Waals surface area contributed by atoms with Crippen molar-refractivity contribution in [3.05, 3.63) is 47.2 Å². The van der Waals surface area contributed by atoms with Crippen LogP contribution in [-0.4, -0.2) is 4.57 Å². The Morgan fingerprint density at radius 2 is 1.47 bits per heavy atom. The number of hydrogen-bond donors (Lipinski definition) is 0. The second kappa shape index (κ2) is 3.58. The average Bonchev–Trinajstić information content (AvgIpc) is 2.45. The summed E-state index contributed by atoms with van der Waals surface area (Å²) in [6.07, 6.45) is 0. The lowest BCUT2D eigenvalue weighted by molar-refractivity contribution is 0.884. The van der Waals surface area contributed by atoms with Crippen molar-refractivity contribution in [2.45, 2.75) is 20.8 Å². The molecule has 0 atom stereocenters. The van der Waals surface area contributed by atoms with E-state index >= 15 is 0 Å². The van der Waals surface area contributed by atoms with Crippen molar-refractivity contribution in [2.75, 3.05) is 0 Å². The van der Waals surface area contributed by atoms with Crippen LogP contribution in [0.25, 0.3) is 11.3 Å². The van der Waals surface area contributed by atoms with Crippen molar-refractivity contribution in [3.63, 3.8) is 0 Å². The molecule has 1 nitrogen and oxygen atoms in total. The van der Waals surface area contributed by atoms with Crippen LogP contribution in [0.3, 0.4) is 0 Å². The Balaban J connectivity index is 2.69. The molecule has 0 spiro atoms. The highest BCUT2D eigenvalue weighted by Gasteiger charge is 2.12. The van der Waals surface area contributed by atoms with E-state index in [0.29, 0.717) is 0 Å². The number of benzene rings is 1. The first-order valence-corrected chi connectivity index (χ1v) is 5.31. The lowest BCUT2D eigenvalue weighted by Crippen LogP contribution is -1.94. The number of rotatable bonds is 1. The van der Waals surface area contributed by atoms with E-state index in [1.807, 2.05) is 0 Å². The van der Waals surface area contributed by atoms with Gasteiger partial charge in [0.15, 0.2) is 0 Å². The van der Waals surface area contributed by atoms with E-state index in [1.54, 1.807) is 0 Å². The fourth-order valence-electron chi connectivity index (χ4n) is 2.13. The first-order valence-electron chi connectivity index (χ1n) is 5.31. The van der Waals surface area contributed by atoms with Crippen molar-refractivity contribution >= 4 is 0 Å². The lowest BCUT2D eigenvalue weighted by Gasteiger charge is -2.06. The van der Waals surface area contributed by atoms with Crippen LogP contribution in [0.1, 0.15) is 16.8 Å². The van der Waals surface area contributed by atoms with Crippen LogP contribution in [0.2, 0.25) is 0 Å². The Bertz CT molecular complexity index is 452. The number of hydrogen-bond acceptors (Lipinski definition) is 0. The van der Waals surface area contributed by atoms with E-state index in [2.05, 4.69) is 62.7 Å². The molecular weight excluding hydrogens is 182 g/mol. The van der Waals surface area contributed by atoms with Crippen molar-refractivity contribution < 1.29 is 0 Å². The smallest absolute Gasteiger partial charge is 0.0512 e. The minimum absolute atomic E-state index is 1.30. The minimum atomic E-state index is 1.30. The van der Waals surface area contributed by atoms with Gasteiger partial charge in [-0.1, -0.05) is 30.3 Å². The molecule has 2 aromatic rings. The maximum Gasteiger partial charge on any atom is 0.0512 e. The third kappa shape index (κ3) is 1.48. The van der Waals surface area contributed by atoms with Gasteiger partial charge in [-0.2, -0.15) is 0 Å². The largest absolute Gasteiger partial charge is 0.347 e. The molecule has 0 radical (unpaired) electrons. The van der Waals surface area contributed by atoms with Crippen LogP contribution >= 0.6 is 0 Å². The van der Waals surface area contributed by atoms with Gasteiger partial charge >= 0.3 is 0 Å². The predicted octanol–water partition coefficient (Wildman–Crippen LogP) is 3.62. The quantitative estimate of drug-likeness (QED) is 0.661. The lowest BCUT2D eigenvalue weighted by atomic mass is 10.1. The topological polar surface area (TPSA) is 4.93 Å². The second-order valence-electron chi connectivity index (χ2n) is 4.11. The van der Waals surface area contributed by atoms with E-state index in [-0.39, 0.29) is 0 Å². The molecule has 0 amide bonds. The van der Waals surface area contributed by atoms with Gasteiger partial charge in [0.05, 0.1) is 5.69 Å². The summed E-state index contributed by atoms with van der Waals surface area (Å²) in [5.41, 5.74) is 6.78. The summed E-state index contributed by atoms with van der Waals surface area (Å²) in [6.45, 7) is 6.57. The molecule has 0 aliphatic carbocycles. The third-order valence-corrected chi connectivity index (χ3v) is 3.35. The SMILES string of the molecule is Cc1c(C)c(-c2ccccc2)n(C)c1C. The standard InChI is InChI=1S/C14H17N/c1-10-11(2)14(15(4)12(10)3)13-8-6-5-7-9-13/h5-9H,1-4H3. The molecule has 0 unspecified atom stereocenters. The summed E-state index contributed by atoms with van der Waals surface area (Å²) in [4.78, 5) is 0. The fourth-order valence-corrected chi connectivity index (χ4v) is 2.13. The molecule has 1 aromatic heterocycles. The second-order valence-corrected chi connectivity index (χ2v) is 4.11. The van der Waals surface area contributed by atoms with Gasteiger partial charge in [-0.3, -0.25) is 0 Å². The zero-order valence-electron chi connectivity index (χ0n) is 9.83. The van der Waals surface area contributed by atoms with E-state index in [4.69, 9.17) is 0 Å². The van der Waals surface area contributed by atoms with Gasteiger partial charge in [-0.15, -0.1) is 0 Å². The molecule has 15 heavy (non-hydrogen) atoms. The van der Waals surface area contributed by atoms with Crippen LogP contribution in [0.15, 0.2) is 30.3 Å². The van der Waals surface area contributed by atoms with E-state index in [1.165, 1.54) is 28.1 Å². The van der Waals surface area contributed by atoms with Crippen LogP contribution < -0.4 is 0 Å². The molecule has 1 heteroatoms. The van der Waals surface area contributed by atoms with Crippen molar-refractivity contribution in [2.24, 2.45) is 7.05 Å². The molecule has 0 fully saturated rings. The Labute approximate surface area is 91.4 Å². The molecule has 0 bridgehead atoms. The molecule has 0 N–H and O–H groups in total. The maximum atomic E-state index is 2.28. The van der Waals surface area contributed by atoms with Gasteiger partial charge in [-0.25, -0.2) is 0 Å². The van der Waals surface area contributed by atoms with E-state index in [0.717, 1.165) is 0 Å². The van der Waals surface area contributed by atoms with Gasteiger partial charge < -0.3 is 4.57 Å². The van der Waals surface area contributed by atoms with E-state index < -0.39 is 0 Å². The van der Waals surface area contributed by atoms with Gasteiger partial charge in [0, 0.05) is 12.7 Å². The Hall–Kier alpha value is -1.50. The summed E-state index contributed by atoms with van der Waals surface area (Å²) >= 11 is 0. The maximum absolute atomic E-state index is 2.28. The summed E-state index contributed by atoms with van der Waals surface area (Å²) in [6, 6.07) is 10.6. The molecule has 0 aliphatic heterocycles. The van der Waals surface area contributed by atoms with Crippen molar-refractivity contribution in [1.29, 1.82) is 0 Å². The summed E-state index contributed by atoms with van der Waals surface area (Å²) in [5, 5.41) is 0. The molecule has 1 aromatic carbocycles. The molecule has 0 saturated carbocycles. The minimum Gasteiger partial charge on any atom is -0.347 e. The average molecular weight is 199 g/mol. The highest BCUT2D eigenvalue weighted by atomic mass is 15.0. The molecule has 0 aliphatic rings. The fraction of sp³-hybridized carbons (Fsp3) is 0.286. The molecule has 78 valence electrons. The van der Waals surface area contributed by atoms with Gasteiger partial charge in [0.25, 0.3) is 0 Å². The van der Waals surface area contributed by atoms with Crippen LogP contribution in [-0.2, 0) is 7.05 Å². The Morgan fingerprint density at radius 3 is 1.93 bits per heavy atom. The zero-order valence-corrected chi connectivity index (χ0v) is 9.83. The van der Waals surface area contributed by atoms with Crippen molar-refractivity contribution in [3.8, 4) is 11.3 Å². The van der Waals surface area contributed by atoms with Gasteiger partial charge in [0.1, 0.15) is 0 Å². The highest BCUT2D eigenvalue weighted by Crippen LogP contribution is 2.29. The third-order valence-electron chi connectivity index (χ3n) is 3.35. The molecule has 1 heterocycles. The first kappa shape index (κ1) is 10.0. The van der Waals surface area contributed by atoms with Gasteiger partial charge in [-0.05, 0) is 37.5 Å². The van der Waals surface area contributed by atoms with Gasteiger partial charge in [0.2, 0.25) is 0 Å². The number of nitrogens with zero attached hydrogens (tertiary/aromatic N) is 1. The number of aromatic nitrogens is 1. The normalized spacial score (nSPS) is 10.7. The first-order chi connectivity index (χ1) is 7.13. The molecule has 0 saturated heterocycles. The monoisotopic (exact) mass is 199 g/mol. The molecule has 2 rings (SSSR count). The Kier molecular flexibility index (Phi) is 2.39. The van der Waals surface area contributed by atoms with Crippen LogP contribution in [0.5, 0.6) is 0 Å². The summed E-state index contributed by atoms with van der Waals surface area (Å²) in [5.74, 6) is 0. The Morgan fingerprint density at radius 1 is 0.867 bits per heavy atom.